The van der Waals surface area contributed by atoms with E-state index in [1.807, 2.05) is 36.4 Å². The van der Waals surface area contributed by atoms with E-state index in [4.69, 9.17) is 12.2 Å². The van der Waals surface area contributed by atoms with Gasteiger partial charge in [0.25, 0.3) is 5.91 Å². The van der Waals surface area contributed by atoms with Crippen molar-refractivity contribution in [1.29, 1.82) is 0 Å². The molecule has 0 saturated heterocycles. The molecule has 0 saturated carbocycles. The number of anilines is 1. The van der Waals surface area contributed by atoms with E-state index in [-0.39, 0.29) is 5.91 Å². The van der Waals surface area contributed by atoms with Gasteiger partial charge >= 0.3 is 0 Å². The van der Waals surface area contributed by atoms with Gasteiger partial charge in [-0.2, -0.15) is 0 Å². The molecule has 0 aliphatic heterocycles. The number of nitrogens with one attached hydrogen (secondary N) is 1. The van der Waals surface area contributed by atoms with E-state index < -0.39 is 0 Å². The summed E-state index contributed by atoms with van der Waals surface area (Å²) in [5.41, 5.74) is 6.93. The first-order valence-corrected chi connectivity index (χ1v) is 6.22. The van der Waals surface area contributed by atoms with Gasteiger partial charge in [0.1, 0.15) is 0 Å². The van der Waals surface area contributed by atoms with Crippen LogP contribution in [0.2, 0.25) is 0 Å². The molecule has 19 heavy (non-hydrogen) atoms. The van der Waals surface area contributed by atoms with Crippen LogP contribution in [0.1, 0.15) is 23.2 Å². The highest BCUT2D eigenvalue weighted by Gasteiger charge is 2.10. The maximum Gasteiger partial charge on any atom is 0.253 e. The summed E-state index contributed by atoms with van der Waals surface area (Å²) >= 11 is 0. The predicted molar refractivity (Wildman–Crippen MR) is 78.8 cm³/mol. The summed E-state index contributed by atoms with van der Waals surface area (Å²) in [6.45, 7) is 0.565. The Hall–Kier alpha value is -2.47. The molecule has 3 nitrogen and oxygen atoms in total. The van der Waals surface area contributed by atoms with Gasteiger partial charge in [0.15, 0.2) is 0 Å². The second-order valence-corrected chi connectivity index (χ2v) is 4.35. The monoisotopic (exact) mass is 252 g/mol. The first-order valence-electron chi connectivity index (χ1n) is 6.22. The van der Waals surface area contributed by atoms with E-state index in [0.717, 1.165) is 17.2 Å². The zero-order chi connectivity index (χ0) is 13.7. The van der Waals surface area contributed by atoms with Crippen LogP contribution in [-0.2, 0) is 0 Å². The van der Waals surface area contributed by atoms with E-state index in [1.165, 1.54) is 0 Å². The quantitative estimate of drug-likeness (QED) is 0.499. The molecule has 0 unspecified atom stereocenters. The minimum atomic E-state index is -0.153. The van der Waals surface area contributed by atoms with Crippen molar-refractivity contribution in [2.45, 2.75) is 12.8 Å². The van der Waals surface area contributed by atoms with Gasteiger partial charge in [-0.15, -0.1) is 12.3 Å². The normalized spacial score (nSPS) is 10.1. The summed E-state index contributed by atoms with van der Waals surface area (Å²) in [4.78, 5) is 12.0. The fourth-order valence-electron chi connectivity index (χ4n) is 1.94. The van der Waals surface area contributed by atoms with Crippen molar-refractivity contribution >= 4 is 22.4 Å². The molecule has 3 N–H and O–H groups in total. The number of nitrogen functional groups attached to an aromatic ring is 1. The third kappa shape index (κ3) is 3.05. The molecule has 0 heterocycles. The molecule has 0 fully saturated rings. The lowest BCUT2D eigenvalue weighted by molar-refractivity contribution is 0.0954. The molecule has 2 aromatic carbocycles. The van der Waals surface area contributed by atoms with Crippen LogP contribution in [0, 0.1) is 12.3 Å². The number of rotatable bonds is 4. The molecule has 0 aliphatic rings. The molecule has 2 aromatic rings. The van der Waals surface area contributed by atoms with Crippen LogP contribution in [0.3, 0.4) is 0 Å². The fraction of sp³-hybridized carbons (Fsp3) is 0.188. The Kier molecular flexibility index (Phi) is 4.04. The number of hydrogen-bond donors (Lipinski definition) is 2. The van der Waals surface area contributed by atoms with Crippen molar-refractivity contribution < 1.29 is 4.79 Å². The molecule has 0 spiro atoms. The average molecular weight is 252 g/mol. The lowest BCUT2D eigenvalue weighted by Gasteiger charge is -2.08. The van der Waals surface area contributed by atoms with Crippen LogP contribution < -0.4 is 11.1 Å². The summed E-state index contributed by atoms with van der Waals surface area (Å²) in [6.07, 6.45) is 6.59. The number of terminal acetylenes is 1. The zero-order valence-electron chi connectivity index (χ0n) is 10.6. The van der Waals surface area contributed by atoms with Crippen LogP contribution in [-0.4, -0.2) is 12.5 Å². The van der Waals surface area contributed by atoms with E-state index in [1.54, 1.807) is 0 Å². The van der Waals surface area contributed by atoms with Gasteiger partial charge < -0.3 is 11.1 Å². The molecule has 1 amide bonds. The maximum atomic E-state index is 12.0. The van der Waals surface area contributed by atoms with Gasteiger partial charge in [-0.3, -0.25) is 4.79 Å². The summed E-state index contributed by atoms with van der Waals surface area (Å²) in [7, 11) is 0. The first-order chi connectivity index (χ1) is 9.22. The summed E-state index contributed by atoms with van der Waals surface area (Å²) in [5, 5.41) is 4.86. The third-order valence-corrected chi connectivity index (χ3v) is 2.95. The maximum absolute atomic E-state index is 12.0. The van der Waals surface area contributed by atoms with Crippen molar-refractivity contribution in [2.24, 2.45) is 0 Å². The number of benzene rings is 2. The van der Waals surface area contributed by atoms with Crippen molar-refractivity contribution in [3.8, 4) is 12.3 Å². The van der Waals surface area contributed by atoms with Gasteiger partial charge in [0, 0.05) is 18.7 Å². The lowest BCUT2D eigenvalue weighted by Crippen LogP contribution is -2.25. The number of carbonyl (C=O) groups excluding carboxylic acids is 1. The number of amides is 1. The molecular weight excluding hydrogens is 236 g/mol. The number of unbranched alkanes of at least 4 members (excludes halogenated alkanes) is 1. The minimum Gasteiger partial charge on any atom is -0.398 e. The Morgan fingerprint density at radius 2 is 1.95 bits per heavy atom. The van der Waals surface area contributed by atoms with Crippen LogP contribution in [0.15, 0.2) is 36.4 Å². The van der Waals surface area contributed by atoms with Crippen molar-refractivity contribution in [3.05, 3.63) is 42.0 Å². The van der Waals surface area contributed by atoms with Gasteiger partial charge in [0.05, 0.1) is 5.56 Å². The second kappa shape index (κ2) is 5.92. The molecule has 0 aliphatic carbocycles. The number of hydrogen-bond acceptors (Lipinski definition) is 2. The molecule has 3 heteroatoms. The molecule has 0 aromatic heterocycles. The van der Waals surface area contributed by atoms with Crippen molar-refractivity contribution in [1.82, 2.24) is 5.32 Å². The third-order valence-electron chi connectivity index (χ3n) is 2.95. The Morgan fingerprint density at radius 3 is 2.63 bits per heavy atom. The van der Waals surface area contributed by atoms with E-state index in [9.17, 15) is 4.79 Å². The summed E-state index contributed by atoms with van der Waals surface area (Å²) < 4.78 is 0. The zero-order valence-corrected chi connectivity index (χ0v) is 10.6. The Morgan fingerprint density at radius 1 is 1.26 bits per heavy atom. The van der Waals surface area contributed by atoms with Gasteiger partial charge in [-0.25, -0.2) is 0 Å². The van der Waals surface area contributed by atoms with Crippen molar-refractivity contribution in [3.63, 3.8) is 0 Å². The molecule has 0 radical (unpaired) electrons. The van der Waals surface area contributed by atoms with Gasteiger partial charge in [-0.1, -0.05) is 24.3 Å². The average Bonchev–Trinajstić information content (AvgIpc) is 2.42. The Labute approximate surface area is 112 Å². The standard InChI is InChI=1S/C16H16N2O/c1-2-3-6-9-18-16(19)14-10-12-7-4-5-8-13(12)11-15(14)17/h1,4-5,7-8,10-11H,3,6,9,17H2,(H,18,19). The second-order valence-electron chi connectivity index (χ2n) is 4.35. The van der Waals surface area contributed by atoms with E-state index >= 15 is 0 Å². The smallest absolute Gasteiger partial charge is 0.253 e. The molecule has 0 bridgehead atoms. The SMILES string of the molecule is C#CCCCNC(=O)c1cc2ccccc2cc1N. The molecule has 96 valence electrons. The molecule has 0 atom stereocenters. The summed E-state index contributed by atoms with van der Waals surface area (Å²) in [5.74, 6) is 2.39. The topological polar surface area (TPSA) is 55.1 Å². The Balaban J connectivity index is 2.17. The number of fused-ring (bicyclic) bond motifs is 1. The predicted octanol–water partition coefficient (Wildman–Crippen LogP) is 2.57. The number of nitrogens with two attached hydrogens (primary N) is 1. The highest BCUT2D eigenvalue weighted by molar-refractivity contribution is 6.03. The highest BCUT2D eigenvalue weighted by Crippen LogP contribution is 2.21. The van der Waals surface area contributed by atoms with E-state index in [0.29, 0.717) is 24.2 Å². The fourth-order valence-corrected chi connectivity index (χ4v) is 1.94. The Bertz CT molecular complexity index is 641. The molecular formula is C16H16N2O. The largest absolute Gasteiger partial charge is 0.398 e. The minimum absolute atomic E-state index is 0.153. The van der Waals surface area contributed by atoms with Crippen LogP contribution >= 0.6 is 0 Å². The van der Waals surface area contributed by atoms with Crippen LogP contribution in [0.4, 0.5) is 5.69 Å². The van der Waals surface area contributed by atoms with Crippen molar-refractivity contribution in [2.75, 3.05) is 12.3 Å². The number of carbonyl (C=O) groups is 1. The summed E-state index contributed by atoms with van der Waals surface area (Å²) in [6, 6.07) is 11.5. The highest BCUT2D eigenvalue weighted by atomic mass is 16.1. The molecule has 2 rings (SSSR count). The first kappa shape index (κ1) is 13.0. The van der Waals surface area contributed by atoms with Gasteiger partial charge in [-0.05, 0) is 29.3 Å². The van der Waals surface area contributed by atoms with Crippen LogP contribution in [0.25, 0.3) is 10.8 Å². The van der Waals surface area contributed by atoms with E-state index in [2.05, 4.69) is 11.2 Å². The van der Waals surface area contributed by atoms with Gasteiger partial charge in [0.2, 0.25) is 0 Å². The lowest BCUT2D eigenvalue weighted by atomic mass is 10.0. The van der Waals surface area contributed by atoms with Crippen LogP contribution in [0.5, 0.6) is 0 Å².